The molecule has 1 fully saturated rings. The molecular formula is C16H27IN4O3S. The summed E-state index contributed by atoms with van der Waals surface area (Å²) in [5, 5.41) is 0. The van der Waals surface area contributed by atoms with Crippen LogP contribution in [0.5, 0.6) is 5.75 Å². The number of guanidine groups is 1. The molecule has 0 aromatic heterocycles. The first-order chi connectivity index (χ1) is 11.3. The summed E-state index contributed by atoms with van der Waals surface area (Å²) in [7, 11) is -3.26. The van der Waals surface area contributed by atoms with Gasteiger partial charge in [0.1, 0.15) is 12.4 Å². The number of likely N-dealkylation sites (tertiary alicyclic amines) is 1. The lowest BCUT2D eigenvalue weighted by molar-refractivity contribution is 0.276. The van der Waals surface area contributed by atoms with Crippen LogP contribution in [0.15, 0.2) is 29.3 Å². The van der Waals surface area contributed by atoms with E-state index in [9.17, 15) is 8.42 Å². The van der Waals surface area contributed by atoms with Gasteiger partial charge >= 0.3 is 0 Å². The molecule has 0 bridgehead atoms. The lowest BCUT2D eigenvalue weighted by Gasteiger charge is -2.31. The molecule has 1 aliphatic heterocycles. The van der Waals surface area contributed by atoms with Crippen molar-refractivity contribution in [1.82, 2.24) is 4.90 Å². The zero-order valence-electron chi connectivity index (χ0n) is 14.6. The minimum absolute atomic E-state index is 0. The number of anilines is 1. The van der Waals surface area contributed by atoms with Gasteiger partial charge in [0.05, 0.1) is 12.8 Å². The van der Waals surface area contributed by atoms with Crippen molar-refractivity contribution in [1.29, 1.82) is 0 Å². The molecule has 9 heteroatoms. The normalized spacial score (nSPS) is 16.2. The van der Waals surface area contributed by atoms with Crippen LogP contribution in [0.25, 0.3) is 0 Å². The van der Waals surface area contributed by atoms with Crippen LogP contribution in [0.3, 0.4) is 0 Å². The van der Waals surface area contributed by atoms with E-state index in [0.29, 0.717) is 30.5 Å². The minimum Gasteiger partial charge on any atom is -0.492 e. The van der Waals surface area contributed by atoms with E-state index in [-0.39, 0.29) is 24.0 Å². The first kappa shape index (κ1) is 21.8. The van der Waals surface area contributed by atoms with Crippen LogP contribution in [0.4, 0.5) is 5.69 Å². The molecule has 1 heterocycles. The predicted octanol–water partition coefficient (Wildman–Crippen LogP) is 2.10. The fourth-order valence-electron chi connectivity index (χ4n) is 2.49. The van der Waals surface area contributed by atoms with Crippen molar-refractivity contribution in [2.75, 3.05) is 37.2 Å². The molecule has 0 unspecified atom stereocenters. The fraction of sp³-hybridized carbons (Fsp3) is 0.562. The summed E-state index contributed by atoms with van der Waals surface area (Å²) >= 11 is 0. The highest BCUT2D eigenvalue weighted by molar-refractivity contribution is 14.0. The number of aliphatic imine (C=N–C) groups is 1. The molecule has 25 heavy (non-hydrogen) atoms. The van der Waals surface area contributed by atoms with Gasteiger partial charge in [0, 0.05) is 18.8 Å². The van der Waals surface area contributed by atoms with Gasteiger partial charge in [0.25, 0.3) is 0 Å². The van der Waals surface area contributed by atoms with E-state index >= 15 is 0 Å². The van der Waals surface area contributed by atoms with E-state index in [1.54, 1.807) is 24.3 Å². The maximum atomic E-state index is 11.1. The molecule has 1 aliphatic rings. The summed E-state index contributed by atoms with van der Waals surface area (Å²) in [6, 6.07) is 6.74. The van der Waals surface area contributed by atoms with Gasteiger partial charge in [-0.05, 0) is 43.0 Å². The Morgan fingerprint density at radius 3 is 2.48 bits per heavy atom. The molecule has 0 radical (unpaired) electrons. The molecule has 1 saturated heterocycles. The van der Waals surface area contributed by atoms with Crippen molar-refractivity contribution in [3.63, 3.8) is 0 Å². The Balaban J connectivity index is 0.00000312. The van der Waals surface area contributed by atoms with Crippen LogP contribution in [0.1, 0.15) is 19.8 Å². The second-order valence-corrected chi connectivity index (χ2v) is 7.91. The summed E-state index contributed by atoms with van der Waals surface area (Å²) in [4.78, 5) is 6.47. The van der Waals surface area contributed by atoms with E-state index < -0.39 is 10.0 Å². The SMILES string of the molecule is CC1CCN(C(N)=NCCOc2ccc(NS(C)(=O)=O)cc2)CC1.I. The highest BCUT2D eigenvalue weighted by Gasteiger charge is 2.16. The Morgan fingerprint density at radius 2 is 1.92 bits per heavy atom. The predicted molar refractivity (Wildman–Crippen MR) is 112 cm³/mol. The number of sulfonamides is 1. The standard InChI is InChI=1S/C16H26N4O3S.HI/c1-13-7-10-20(11-8-13)16(17)18-9-12-23-15-5-3-14(4-6-15)19-24(2,21)22;/h3-6,13,19H,7-12H2,1-2H3,(H2,17,18);1H. The lowest BCUT2D eigenvalue weighted by Crippen LogP contribution is -2.42. The van der Waals surface area contributed by atoms with Crippen molar-refractivity contribution in [2.45, 2.75) is 19.8 Å². The van der Waals surface area contributed by atoms with Crippen molar-refractivity contribution in [2.24, 2.45) is 16.6 Å². The minimum atomic E-state index is -3.26. The van der Waals surface area contributed by atoms with E-state index in [2.05, 4.69) is 21.5 Å². The van der Waals surface area contributed by atoms with Gasteiger partial charge in [-0.1, -0.05) is 6.92 Å². The molecule has 1 aromatic rings. The zero-order chi connectivity index (χ0) is 17.6. The highest BCUT2D eigenvalue weighted by atomic mass is 127. The second kappa shape index (κ2) is 10.0. The number of rotatable bonds is 6. The molecule has 0 aliphatic carbocycles. The molecule has 0 atom stereocenters. The van der Waals surface area contributed by atoms with Gasteiger partial charge in [0.15, 0.2) is 5.96 Å². The molecule has 142 valence electrons. The first-order valence-electron chi connectivity index (χ1n) is 8.09. The van der Waals surface area contributed by atoms with Gasteiger partial charge in [-0.2, -0.15) is 0 Å². The summed E-state index contributed by atoms with van der Waals surface area (Å²) in [6.07, 6.45) is 3.42. The van der Waals surface area contributed by atoms with Crippen molar-refractivity contribution < 1.29 is 13.2 Å². The number of ether oxygens (including phenoxy) is 1. The third-order valence-electron chi connectivity index (χ3n) is 3.90. The Bertz CT molecular complexity index is 656. The topological polar surface area (TPSA) is 97.0 Å². The monoisotopic (exact) mass is 482 g/mol. The van der Waals surface area contributed by atoms with Crippen molar-refractivity contribution in [3.8, 4) is 5.75 Å². The quantitative estimate of drug-likeness (QED) is 0.280. The van der Waals surface area contributed by atoms with E-state index in [4.69, 9.17) is 10.5 Å². The van der Waals surface area contributed by atoms with Gasteiger partial charge in [0.2, 0.25) is 10.0 Å². The maximum absolute atomic E-state index is 11.1. The Morgan fingerprint density at radius 1 is 1.32 bits per heavy atom. The molecule has 0 spiro atoms. The average molecular weight is 482 g/mol. The van der Waals surface area contributed by atoms with E-state index in [1.807, 2.05) is 0 Å². The van der Waals surface area contributed by atoms with Crippen LogP contribution in [0.2, 0.25) is 0 Å². The van der Waals surface area contributed by atoms with Gasteiger partial charge in [-0.3, -0.25) is 4.72 Å². The fourth-order valence-corrected chi connectivity index (χ4v) is 3.06. The van der Waals surface area contributed by atoms with Crippen LogP contribution in [-0.4, -0.2) is 51.8 Å². The first-order valence-corrected chi connectivity index (χ1v) is 9.98. The van der Waals surface area contributed by atoms with Gasteiger partial charge < -0.3 is 15.4 Å². The number of nitrogens with one attached hydrogen (secondary N) is 1. The molecule has 0 amide bonds. The Kier molecular flexibility index (Phi) is 8.77. The zero-order valence-corrected chi connectivity index (χ0v) is 17.8. The largest absolute Gasteiger partial charge is 0.492 e. The number of benzene rings is 1. The molecule has 0 saturated carbocycles. The third-order valence-corrected chi connectivity index (χ3v) is 4.51. The van der Waals surface area contributed by atoms with Crippen LogP contribution < -0.4 is 15.2 Å². The number of piperidine rings is 1. The number of halogens is 1. The van der Waals surface area contributed by atoms with Crippen LogP contribution in [0, 0.1) is 5.92 Å². The number of nitrogens with two attached hydrogens (primary N) is 1. The maximum Gasteiger partial charge on any atom is 0.229 e. The average Bonchev–Trinajstić information content (AvgIpc) is 2.52. The van der Waals surface area contributed by atoms with Crippen molar-refractivity contribution >= 4 is 45.6 Å². The van der Waals surface area contributed by atoms with Gasteiger partial charge in [-0.15, -0.1) is 24.0 Å². The van der Waals surface area contributed by atoms with Crippen LogP contribution in [-0.2, 0) is 10.0 Å². The molecule has 2 rings (SSSR count). The summed E-state index contributed by atoms with van der Waals surface area (Å²) in [5.41, 5.74) is 6.51. The molecular weight excluding hydrogens is 455 g/mol. The number of nitrogens with zero attached hydrogens (tertiary/aromatic N) is 2. The van der Waals surface area contributed by atoms with E-state index in [0.717, 1.165) is 38.1 Å². The molecule has 3 N–H and O–H groups in total. The molecule has 1 aromatic carbocycles. The highest BCUT2D eigenvalue weighted by Crippen LogP contribution is 2.17. The van der Waals surface area contributed by atoms with Crippen molar-refractivity contribution in [3.05, 3.63) is 24.3 Å². The number of hydrogen-bond acceptors (Lipinski definition) is 4. The summed E-state index contributed by atoms with van der Waals surface area (Å²) in [5.74, 6) is 2.00. The van der Waals surface area contributed by atoms with Crippen LogP contribution >= 0.6 is 24.0 Å². The smallest absolute Gasteiger partial charge is 0.229 e. The molecule has 7 nitrogen and oxygen atoms in total. The third kappa shape index (κ3) is 8.13. The Labute approximate surface area is 167 Å². The summed E-state index contributed by atoms with van der Waals surface area (Å²) in [6.45, 7) is 5.10. The Hall–Kier alpha value is -1.23. The number of hydrogen-bond donors (Lipinski definition) is 2. The summed E-state index contributed by atoms with van der Waals surface area (Å²) < 4.78 is 30.3. The van der Waals surface area contributed by atoms with Gasteiger partial charge in [-0.25, -0.2) is 13.4 Å². The second-order valence-electron chi connectivity index (χ2n) is 6.16. The lowest BCUT2D eigenvalue weighted by atomic mass is 10.00. The van der Waals surface area contributed by atoms with E-state index in [1.165, 1.54) is 0 Å².